The minimum absolute atomic E-state index is 0.141. The maximum absolute atomic E-state index is 12.1. The van der Waals surface area contributed by atoms with Crippen LogP contribution in [0.1, 0.15) is 25.7 Å². The van der Waals surface area contributed by atoms with Crippen LogP contribution in [0.25, 0.3) is 0 Å². The highest BCUT2D eigenvalue weighted by atomic mass is 32.2. The third-order valence-electron chi connectivity index (χ3n) is 3.92. The number of piperidine rings is 2. The van der Waals surface area contributed by atoms with Gasteiger partial charge in [-0.1, -0.05) is 0 Å². The lowest BCUT2D eigenvalue weighted by Crippen LogP contribution is -2.45. The Morgan fingerprint density at radius 3 is 2.61 bits per heavy atom. The molecule has 0 aromatic carbocycles. The van der Waals surface area contributed by atoms with Gasteiger partial charge in [0, 0.05) is 6.04 Å². The average Bonchev–Trinajstić information content (AvgIpc) is 2.32. The fraction of sp³-hybridized carbons (Fsp3) is 1.00. The summed E-state index contributed by atoms with van der Waals surface area (Å²) in [5.41, 5.74) is 0. The number of likely N-dealkylation sites (tertiary alicyclic amines) is 1. The second-order valence-corrected chi connectivity index (χ2v) is 7.49. The highest BCUT2D eigenvalue weighted by Gasteiger charge is 2.25. The highest BCUT2D eigenvalue weighted by molar-refractivity contribution is 7.89. The van der Waals surface area contributed by atoms with E-state index in [1.807, 2.05) is 0 Å². The standard InChI is InChI=1S/C12H25N3O2S/c1-15-7-4-12(5-8-15)14-18(16,17)10-11-3-2-6-13-9-11/h11-14H,2-10H2,1H3. The van der Waals surface area contributed by atoms with Crippen molar-refractivity contribution in [3.63, 3.8) is 0 Å². The molecule has 2 heterocycles. The molecule has 106 valence electrons. The molecule has 2 fully saturated rings. The highest BCUT2D eigenvalue weighted by Crippen LogP contribution is 2.14. The molecule has 2 rings (SSSR count). The van der Waals surface area contributed by atoms with Crippen LogP contribution < -0.4 is 10.0 Å². The Kier molecular flexibility index (Phi) is 5.00. The van der Waals surface area contributed by atoms with E-state index < -0.39 is 10.0 Å². The van der Waals surface area contributed by atoms with Gasteiger partial charge in [-0.3, -0.25) is 0 Å². The van der Waals surface area contributed by atoms with Crippen molar-refractivity contribution >= 4 is 10.0 Å². The number of nitrogens with zero attached hydrogens (tertiary/aromatic N) is 1. The lowest BCUT2D eigenvalue weighted by Gasteiger charge is -2.30. The number of hydrogen-bond acceptors (Lipinski definition) is 4. The van der Waals surface area contributed by atoms with Crippen LogP contribution in [0.15, 0.2) is 0 Å². The molecule has 18 heavy (non-hydrogen) atoms. The van der Waals surface area contributed by atoms with Gasteiger partial charge in [0.2, 0.25) is 10.0 Å². The summed E-state index contributed by atoms with van der Waals surface area (Å²) in [5.74, 6) is 0.564. The lowest BCUT2D eigenvalue weighted by molar-refractivity contribution is 0.248. The fourth-order valence-corrected chi connectivity index (χ4v) is 4.55. The van der Waals surface area contributed by atoms with Crippen LogP contribution in [0.3, 0.4) is 0 Å². The van der Waals surface area contributed by atoms with Crippen LogP contribution in [0.4, 0.5) is 0 Å². The number of hydrogen-bond donors (Lipinski definition) is 2. The Labute approximate surface area is 110 Å². The Balaban J connectivity index is 1.79. The van der Waals surface area contributed by atoms with Crippen LogP contribution in [-0.2, 0) is 10.0 Å². The van der Waals surface area contributed by atoms with Crippen LogP contribution in [0.5, 0.6) is 0 Å². The molecule has 2 aliphatic heterocycles. The van der Waals surface area contributed by atoms with Crippen molar-refractivity contribution in [1.82, 2.24) is 14.9 Å². The van der Waals surface area contributed by atoms with Crippen molar-refractivity contribution in [3.05, 3.63) is 0 Å². The molecule has 2 saturated heterocycles. The zero-order valence-electron chi connectivity index (χ0n) is 11.2. The van der Waals surface area contributed by atoms with Gasteiger partial charge in [0.25, 0.3) is 0 Å². The van der Waals surface area contributed by atoms with E-state index in [1.165, 1.54) is 0 Å². The van der Waals surface area contributed by atoms with E-state index in [0.717, 1.165) is 51.9 Å². The maximum Gasteiger partial charge on any atom is 0.212 e. The van der Waals surface area contributed by atoms with Gasteiger partial charge in [-0.05, 0) is 64.8 Å². The summed E-state index contributed by atoms with van der Waals surface area (Å²) < 4.78 is 27.1. The van der Waals surface area contributed by atoms with Gasteiger partial charge in [-0.25, -0.2) is 13.1 Å². The second-order valence-electron chi connectivity index (χ2n) is 5.69. The van der Waals surface area contributed by atoms with E-state index in [0.29, 0.717) is 0 Å². The molecule has 2 aliphatic rings. The first-order chi connectivity index (χ1) is 8.55. The molecular formula is C12H25N3O2S. The third-order valence-corrected chi connectivity index (χ3v) is 5.52. The van der Waals surface area contributed by atoms with Crippen LogP contribution in [-0.4, -0.2) is 58.3 Å². The molecule has 2 N–H and O–H groups in total. The molecule has 0 spiro atoms. The van der Waals surface area contributed by atoms with E-state index in [2.05, 4.69) is 22.0 Å². The predicted molar refractivity (Wildman–Crippen MR) is 73.0 cm³/mol. The fourth-order valence-electron chi connectivity index (χ4n) is 2.81. The smallest absolute Gasteiger partial charge is 0.212 e. The molecule has 6 heteroatoms. The predicted octanol–water partition coefficient (Wildman–Crippen LogP) is -0.000400. The zero-order chi connectivity index (χ0) is 13.0. The average molecular weight is 275 g/mol. The molecule has 0 radical (unpaired) electrons. The van der Waals surface area contributed by atoms with Crippen LogP contribution in [0, 0.1) is 5.92 Å². The molecule has 0 bridgehead atoms. The van der Waals surface area contributed by atoms with Gasteiger partial charge in [0.05, 0.1) is 5.75 Å². The number of nitrogens with one attached hydrogen (secondary N) is 2. The van der Waals surface area contributed by atoms with Crippen molar-refractivity contribution in [2.45, 2.75) is 31.7 Å². The second kappa shape index (κ2) is 6.32. The minimum atomic E-state index is -3.11. The topological polar surface area (TPSA) is 61.4 Å². The monoisotopic (exact) mass is 275 g/mol. The van der Waals surface area contributed by atoms with E-state index in [4.69, 9.17) is 0 Å². The van der Waals surface area contributed by atoms with Crippen LogP contribution >= 0.6 is 0 Å². The molecule has 0 aromatic rings. The van der Waals surface area contributed by atoms with E-state index in [-0.39, 0.29) is 17.7 Å². The molecule has 0 amide bonds. The molecule has 0 aromatic heterocycles. The van der Waals surface area contributed by atoms with Crippen molar-refractivity contribution in [1.29, 1.82) is 0 Å². The van der Waals surface area contributed by atoms with Crippen molar-refractivity contribution in [2.75, 3.05) is 39.0 Å². The zero-order valence-corrected chi connectivity index (χ0v) is 12.0. The van der Waals surface area contributed by atoms with Crippen molar-refractivity contribution < 1.29 is 8.42 Å². The summed E-state index contributed by atoms with van der Waals surface area (Å²) in [6.45, 7) is 3.84. The number of rotatable bonds is 4. The quantitative estimate of drug-likeness (QED) is 0.758. The summed E-state index contributed by atoms with van der Waals surface area (Å²) in [7, 11) is -1.03. The maximum atomic E-state index is 12.1. The SMILES string of the molecule is CN1CCC(NS(=O)(=O)CC2CCCNC2)CC1. The first-order valence-corrected chi connectivity index (χ1v) is 8.60. The lowest BCUT2D eigenvalue weighted by atomic mass is 10.0. The Bertz CT molecular complexity index is 344. The minimum Gasteiger partial charge on any atom is -0.316 e. The third kappa shape index (κ3) is 4.50. The van der Waals surface area contributed by atoms with Crippen molar-refractivity contribution in [3.8, 4) is 0 Å². The molecule has 1 unspecified atom stereocenters. The Morgan fingerprint density at radius 2 is 2.00 bits per heavy atom. The summed E-state index contributed by atoms with van der Waals surface area (Å²) >= 11 is 0. The van der Waals surface area contributed by atoms with Crippen LogP contribution in [0.2, 0.25) is 0 Å². The summed E-state index contributed by atoms with van der Waals surface area (Å²) in [6.07, 6.45) is 3.98. The molecule has 0 aliphatic carbocycles. The van der Waals surface area contributed by atoms with Gasteiger partial charge in [-0.2, -0.15) is 0 Å². The summed E-state index contributed by atoms with van der Waals surface area (Å²) in [6, 6.07) is 0.141. The molecule has 1 atom stereocenters. The number of sulfonamides is 1. The van der Waals surface area contributed by atoms with Gasteiger partial charge in [0.1, 0.15) is 0 Å². The summed E-state index contributed by atoms with van der Waals surface area (Å²) in [5, 5.41) is 3.27. The van der Waals surface area contributed by atoms with Gasteiger partial charge < -0.3 is 10.2 Å². The molecule has 0 saturated carbocycles. The van der Waals surface area contributed by atoms with E-state index in [1.54, 1.807) is 0 Å². The molecule has 5 nitrogen and oxygen atoms in total. The first-order valence-electron chi connectivity index (χ1n) is 6.94. The summed E-state index contributed by atoms with van der Waals surface area (Å²) in [4.78, 5) is 2.25. The normalized spacial score (nSPS) is 28.4. The Morgan fingerprint density at radius 1 is 1.28 bits per heavy atom. The Hall–Kier alpha value is -0.170. The first kappa shape index (κ1) is 14.2. The van der Waals surface area contributed by atoms with E-state index in [9.17, 15) is 8.42 Å². The van der Waals surface area contributed by atoms with Gasteiger partial charge >= 0.3 is 0 Å². The largest absolute Gasteiger partial charge is 0.316 e. The van der Waals surface area contributed by atoms with Gasteiger partial charge in [0.15, 0.2) is 0 Å². The van der Waals surface area contributed by atoms with Gasteiger partial charge in [-0.15, -0.1) is 0 Å². The van der Waals surface area contributed by atoms with Crippen molar-refractivity contribution in [2.24, 2.45) is 5.92 Å². The molecular weight excluding hydrogens is 250 g/mol. The van der Waals surface area contributed by atoms with E-state index >= 15 is 0 Å².